The van der Waals surface area contributed by atoms with E-state index in [2.05, 4.69) is 4.74 Å². The molecule has 1 aliphatic carbocycles. The van der Waals surface area contributed by atoms with Crippen molar-refractivity contribution in [2.75, 3.05) is 7.11 Å². The number of carbonyl (C=O) groups excluding carboxylic acids is 1. The minimum atomic E-state index is -0.821. The van der Waals surface area contributed by atoms with Crippen LogP contribution in [-0.4, -0.2) is 24.2 Å². The zero-order valence-corrected chi connectivity index (χ0v) is 9.02. The number of furan rings is 1. The van der Waals surface area contributed by atoms with Gasteiger partial charge in [-0.05, 0) is 19.4 Å². The average Bonchev–Trinajstić information content (AvgIpc) is 2.96. The number of carboxylic acids is 1. The quantitative estimate of drug-likeness (QED) is 0.788. The molecule has 16 heavy (non-hydrogen) atoms. The summed E-state index contributed by atoms with van der Waals surface area (Å²) in [5.41, 5.74) is 0.369. The first-order chi connectivity index (χ1) is 7.54. The molecule has 2 rings (SSSR count). The molecule has 0 bridgehead atoms. The van der Waals surface area contributed by atoms with Crippen LogP contribution in [0.25, 0.3) is 0 Å². The van der Waals surface area contributed by atoms with Crippen molar-refractivity contribution in [1.82, 2.24) is 0 Å². The van der Waals surface area contributed by atoms with E-state index in [1.165, 1.54) is 7.11 Å². The fraction of sp³-hybridized carbons (Fsp3) is 0.455. The van der Waals surface area contributed by atoms with Gasteiger partial charge in [0.05, 0.1) is 13.0 Å². The molecule has 1 N–H and O–H groups in total. The van der Waals surface area contributed by atoms with E-state index in [0.717, 1.165) is 0 Å². The van der Waals surface area contributed by atoms with Gasteiger partial charge in [0.15, 0.2) is 0 Å². The molecule has 1 heterocycles. The predicted molar refractivity (Wildman–Crippen MR) is 53.3 cm³/mol. The predicted octanol–water partition coefficient (Wildman–Crippen LogP) is 1.56. The van der Waals surface area contributed by atoms with Crippen LogP contribution < -0.4 is 0 Å². The SMILES string of the molecule is COC(=O)c1cc(C2CC2C(=O)O)oc1C. The van der Waals surface area contributed by atoms with Crippen molar-refractivity contribution in [2.24, 2.45) is 5.92 Å². The second-order valence-corrected chi connectivity index (χ2v) is 3.90. The van der Waals surface area contributed by atoms with Crippen molar-refractivity contribution in [1.29, 1.82) is 0 Å². The van der Waals surface area contributed by atoms with E-state index in [0.29, 0.717) is 23.5 Å². The van der Waals surface area contributed by atoms with Gasteiger partial charge in [0.25, 0.3) is 0 Å². The molecule has 0 spiro atoms. The maximum atomic E-state index is 11.3. The summed E-state index contributed by atoms with van der Waals surface area (Å²) in [6.07, 6.45) is 0.572. The molecule has 0 saturated heterocycles. The smallest absolute Gasteiger partial charge is 0.341 e. The molecule has 0 amide bonds. The van der Waals surface area contributed by atoms with Crippen molar-refractivity contribution in [3.63, 3.8) is 0 Å². The van der Waals surface area contributed by atoms with E-state index >= 15 is 0 Å². The summed E-state index contributed by atoms with van der Waals surface area (Å²) in [4.78, 5) is 22.0. The number of carboxylic acid groups (broad SMARTS) is 1. The van der Waals surface area contributed by atoms with Gasteiger partial charge in [-0.3, -0.25) is 4.79 Å². The summed E-state index contributed by atoms with van der Waals surface area (Å²) in [6.45, 7) is 1.66. The number of methoxy groups -OCH3 is 1. The fourth-order valence-corrected chi connectivity index (χ4v) is 1.78. The summed E-state index contributed by atoms with van der Waals surface area (Å²) < 4.78 is 9.97. The topological polar surface area (TPSA) is 76.7 Å². The summed E-state index contributed by atoms with van der Waals surface area (Å²) in [5.74, 6) is -0.729. The number of aliphatic carboxylic acids is 1. The number of ether oxygens (including phenoxy) is 1. The third-order valence-electron chi connectivity index (χ3n) is 2.82. The molecule has 2 atom stereocenters. The van der Waals surface area contributed by atoms with Crippen molar-refractivity contribution >= 4 is 11.9 Å². The lowest BCUT2D eigenvalue weighted by Gasteiger charge is -1.93. The third-order valence-corrected chi connectivity index (χ3v) is 2.82. The second kappa shape index (κ2) is 3.66. The van der Waals surface area contributed by atoms with Crippen LogP contribution in [0.4, 0.5) is 0 Å². The van der Waals surface area contributed by atoms with Gasteiger partial charge in [0.2, 0.25) is 0 Å². The molecular formula is C11H12O5. The Labute approximate surface area is 92.0 Å². The highest BCUT2D eigenvalue weighted by molar-refractivity contribution is 5.90. The number of esters is 1. The van der Waals surface area contributed by atoms with Gasteiger partial charge >= 0.3 is 11.9 Å². The zero-order chi connectivity index (χ0) is 11.9. The first kappa shape index (κ1) is 10.7. The Morgan fingerprint density at radius 3 is 2.75 bits per heavy atom. The number of rotatable bonds is 3. The molecule has 1 saturated carbocycles. The first-order valence-corrected chi connectivity index (χ1v) is 4.96. The van der Waals surface area contributed by atoms with Gasteiger partial charge in [-0.25, -0.2) is 4.79 Å². The summed E-state index contributed by atoms with van der Waals surface area (Å²) in [6, 6.07) is 1.58. The Morgan fingerprint density at radius 1 is 1.56 bits per heavy atom. The fourth-order valence-electron chi connectivity index (χ4n) is 1.78. The summed E-state index contributed by atoms with van der Waals surface area (Å²) >= 11 is 0. The highest BCUT2D eigenvalue weighted by Crippen LogP contribution is 2.48. The van der Waals surface area contributed by atoms with Crippen LogP contribution in [0.5, 0.6) is 0 Å². The van der Waals surface area contributed by atoms with Crippen LogP contribution in [-0.2, 0) is 9.53 Å². The van der Waals surface area contributed by atoms with E-state index in [-0.39, 0.29) is 11.8 Å². The van der Waals surface area contributed by atoms with Gasteiger partial charge in [0, 0.05) is 5.92 Å². The molecule has 1 fully saturated rings. The highest BCUT2D eigenvalue weighted by Gasteiger charge is 2.46. The maximum absolute atomic E-state index is 11.3. The summed E-state index contributed by atoms with van der Waals surface area (Å²) in [7, 11) is 1.30. The van der Waals surface area contributed by atoms with E-state index in [1.807, 2.05) is 0 Å². The molecule has 1 aromatic heterocycles. The monoisotopic (exact) mass is 224 g/mol. The van der Waals surface area contributed by atoms with Crippen LogP contribution in [0, 0.1) is 12.8 Å². The van der Waals surface area contributed by atoms with Crippen molar-refractivity contribution < 1.29 is 23.8 Å². The van der Waals surface area contributed by atoms with Crippen molar-refractivity contribution in [2.45, 2.75) is 19.3 Å². The van der Waals surface area contributed by atoms with Crippen molar-refractivity contribution in [3.05, 3.63) is 23.2 Å². The van der Waals surface area contributed by atoms with Crippen molar-refractivity contribution in [3.8, 4) is 0 Å². The summed E-state index contributed by atoms with van der Waals surface area (Å²) in [5, 5.41) is 8.78. The lowest BCUT2D eigenvalue weighted by Crippen LogP contribution is -2.00. The van der Waals surface area contributed by atoms with Gasteiger partial charge in [0.1, 0.15) is 17.1 Å². The number of carbonyl (C=O) groups is 2. The van der Waals surface area contributed by atoms with Gasteiger partial charge in [-0.15, -0.1) is 0 Å². The molecule has 5 nitrogen and oxygen atoms in total. The number of hydrogen-bond donors (Lipinski definition) is 1. The largest absolute Gasteiger partial charge is 0.481 e. The van der Waals surface area contributed by atoms with E-state index in [9.17, 15) is 9.59 Å². The maximum Gasteiger partial charge on any atom is 0.341 e. The van der Waals surface area contributed by atoms with Crippen LogP contribution >= 0.6 is 0 Å². The Hall–Kier alpha value is -1.78. The van der Waals surface area contributed by atoms with Gasteiger partial charge in [-0.1, -0.05) is 0 Å². The Morgan fingerprint density at radius 2 is 2.25 bits per heavy atom. The normalized spacial score (nSPS) is 22.9. The van der Waals surface area contributed by atoms with Gasteiger partial charge in [-0.2, -0.15) is 0 Å². The molecule has 0 aromatic carbocycles. The average molecular weight is 224 g/mol. The molecule has 86 valence electrons. The van der Waals surface area contributed by atoms with E-state index in [1.54, 1.807) is 13.0 Å². The zero-order valence-electron chi connectivity index (χ0n) is 9.02. The van der Waals surface area contributed by atoms with E-state index in [4.69, 9.17) is 9.52 Å². The van der Waals surface area contributed by atoms with Crippen LogP contribution in [0.1, 0.15) is 34.2 Å². The molecule has 2 unspecified atom stereocenters. The van der Waals surface area contributed by atoms with E-state index < -0.39 is 11.9 Å². The molecular weight excluding hydrogens is 212 g/mol. The van der Waals surface area contributed by atoms with Crippen LogP contribution in [0.2, 0.25) is 0 Å². The molecule has 0 radical (unpaired) electrons. The Bertz CT molecular complexity index is 445. The lowest BCUT2D eigenvalue weighted by molar-refractivity contribution is -0.138. The Kier molecular flexibility index (Phi) is 2.46. The minimum Gasteiger partial charge on any atom is -0.481 e. The number of aryl methyl sites for hydroxylation is 1. The molecule has 5 heteroatoms. The van der Waals surface area contributed by atoms with Crippen LogP contribution in [0.3, 0.4) is 0 Å². The minimum absolute atomic E-state index is 0.102. The second-order valence-electron chi connectivity index (χ2n) is 3.90. The first-order valence-electron chi connectivity index (χ1n) is 4.96. The lowest BCUT2D eigenvalue weighted by atomic mass is 10.2. The Balaban J connectivity index is 2.20. The molecule has 1 aromatic rings. The standard InChI is InChI=1S/C11H12O5/c1-5-6(11(14)15-2)4-9(16-5)7-3-8(7)10(12)13/h4,7-8H,3H2,1-2H3,(H,12,13). The number of hydrogen-bond acceptors (Lipinski definition) is 4. The highest BCUT2D eigenvalue weighted by atomic mass is 16.5. The van der Waals surface area contributed by atoms with Gasteiger partial charge < -0.3 is 14.3 Å². The van der Waals surface area contributed by atoms with Crippen LogP contribution in [0.15, 0.2) is 10.5 Å². The third kappa shape index (κ3) is 1.68. The molecule has 0 aliphatic heterocycles. The molecule has 1 aliphatic rings.